The fraction of sp³-hybridized carbons (Fsp3) is 0.308. The second-order valence-corrected chi connectivity index (χ2v) is 4.14. The lowest BCUT2D eigenvalue weighted by atomic mass is 10.3. The van der Waals surface area contributed by atoms with Gasteiger partial charge in [-0.05, 0) is 31.2 Å². The van der Waals surface area contributed by atoms with Gasteiger partial charge >= 0.3 is 0 Å². The summed E-state index contributed by atoms with van der Waals surface area (Å²) in [5, 5.41) is 0. The minimum absolute atomic E-state index is 0.191. The highest BCUT2D eigenvalue weighted by Crippen LogP contribution is 2.13. The smallest absolute Gasteiger partial charge is 0.289 e. The van der Waals surface area contributed by atoms with Crippen LogP contribution in [0.4, 0.5) is 0 Å². The molecule has 0 aliphatic heterocycles. The average molecular weight is 248 g/mol. The van der Waals surface area contributed by atoms with Crippen LogP contribution < -0.4 is 5.73 Å². The molecule has 0 bridgehead atoms. The summed E-state index contributed by atoms with van der Waals surface area (Å²) >= 11 is 0. The fourth-order valence-corrected chi connectivity index (χ4v) is 1.67. The van der Waals surface area contributed by atoms with Crippen LogP contribution in [0.5, 0.6) is 0 Å². The second-order valence-electron chi connectivity index (χ2n) is 4.14. The number of carbonyl (C=O) groups excluding carboxylic acids is 1. The molecule has 2 rings (SSSR count). The predicted octanol–water partition coefficient (Wildman–Crippen LogP) is 1.91. The van der Waals surface area contributed by atoms with Gasteiger partial charge in [-0.25, -0.2) is 0 Å². The molecule has 2 aromatic heterocycles. The first-order valence-corrected chi connectivity index (χ1v) is 5.69. The Labute approximate surface area is 105 Å². The molecule has 0 fully saturated rings. The molecule has 0 aromatic carbocycles. The fourth-order valence-electron chi connectivity index (χ4n) is 1.67. The Morgan fingerprint density at radius 3 is 2.50 bits per heavy atom. The van der Waals surface area contributed by atoms with Gasteiger partial charge in [-0.2, -0.15) is 0 Å². The van der Waals surface area contributed by atoms with Crippen molar-refractivity contribution in [2.45, 2.75) is 20.0 Å². The molecule has 2 heterocycles. The third kappa shape index (κ3) is 2.62. The van der Waals surface area contributed by atoms with Gasteiger partial charge in [0.2, 0.25) is 0 Å². The van der Waals surface area contributed by atoms with E-state index < -0.39 is 0 Å². The van der Waals surface area contributed by atoms with Gasteiger partial charge in [0.25, 0.3) is 5.91 Å². The van der Waals surface area contributed by atoms with E-state index >= 15 is 0 Å². The van der Waals surface area contributed by atoms with Gasteiger partial charge in [0.1, 0.15) is 17.3 Å². The van der Waals surface area contributed by atoms with Crippen LogP contribution in [-0.4, -0.2) is 17.9 Å². The van der Waals surface area contributed by atoms with Crippen LogP contribution in [-0.2, 0) is 13.1 Å². The van der Waals surface area contributed by atoms with E-state index in [1.807, 2.05) is 19.1 Å². The van der Waals surface area contributed by atoms with Crippen molar-refractivity contribution < 1.29 is 13.6 Å². The van der Waals surface area contributed by atoms with Crippen LogP contribution in [0.3, 0.4) is 0 Å². The topological polar surface area (TPSA) is 72.6 Å². The summed E-state index contributed by atoms with van der Waals surface area (Å²) < 4.78 is 10.7. The van der Waals surface area contributed by atoms with Gasteiger partial charge < -0.3 is 19.5 Å². The van der Waals surface area contributed by atoms with Crippen molar-refractivity contribution in [1.82, 2.24) is 4.90 Å². The molecule has 0 saturated heterocycles. The lowest BCUT2D eigenvalue weighted by Crippen LogP contribution is -2.25. The Kier molecular flexibility index (Phi) is 3.53. The molecule has 96 valence electrons. The van der Waals surface area contributed by atoms with Crippen LogP contribution in [0.25, 0.3) is 0 Å². The SMILES string of the molecule is Cc1ccc(CN(C)C(=O)c2ccc(CN)o2)o1. The number of hydrogen-bond acceptors (Lipinski definition) is 4. The van der Waals surface area contributed by atoms with Crippen molar-refractivity contribution in [3.63, 3.8) is 0 Å². The van der Waals surface area contributed by atoms with E-state index in [4.69, 9.17) is 14.6 Å². The van der Waals surface area contributed by atoms with Gasteiger partial charge in [0.05, 0.1) is 13.1 Å². The first-order chi connectivity index (χ1) is 8.60. The van der Waals surface area contributed by atoms with Crippen LogP contribution in [0.15, 0.2) is 33.1 Å². The highest BCUT2D eigenvalue weighted by molar-refractivity contribution is 5.91. The summed E-state index contributed by atoms with van der Waals surface area (Å²) in [5.41, 5.74) is 5.43. The van der Waals surface area contributed by atoms with E-state index in [0.29, 0.717) is 18.1 Å². The predicted molar refractivity (Wildman–Crippen MR) is 65.8 cm³/mol. The second kappa shape index (κ2) is 5.10. The van der Waals surface area contributed by atoms with Crippen LogP contribution in [0.2, 0.25) is 0 Å². The van der Waals surface area contributed by atoms with Gasteiger partial charge in [0, 0.05) is 7.05 Å². The zero-order valence-corrected chi connectivity index (χ0v) is 10.5. The molecule has 0 aliphatic rings. The number of nitrogens with two attached hydrogens (primary N) is 1. The van der Waals surface area contributed by atoms with E-state index in [1.54, 1.807) is 19.2 Å². The molecule has 0 spiro atoms. The molecule has 0 saturated carbocycles. The van der Waals surface area contributed by atoms with Crippen molar-refractivity contribution in [3.8, 4) is 0 Å². The van der Waals surface area contributed by atoms with E-state index in [0.717, 1.165) is 11.5 Å². The van der Waals surface area contributed by atoms with Crippen molar-refractivity contribution in [2.24, 2.45) is 5.73 Å². The monoisotopic (exact) mass is 248 g/mol. The average Bonchev–Trinajstić information content (AvgIpc) is 2.97. The molecule has 0 atom stereocenters. The molecule has 18 heavy (non-hydrogen) atoms. The number of furan rings is 2. The van der Waals surface area contributed by atoms with Crippen LogP contribution >= 0.6 is 0 Å². The zero-order chi connectivity index (χ0) is 13.1. The minimum atomic E-state index is -0.191. The summed E-state index contributed by atoms with van der Waals surface area (Å²) in [7, 11) is 1.70. The normalized spacial score (nSPS) is 10.6. The van der Waals surface area contributed by atoms with Crippen LogP contribution in [0, 0.1) is 6.92 Å². The summed E-state index contributed by atoms with van der Waals surface area (Å²) in [5.74, 6) is 2.27. The molecule has 1 amide bonds. The third-order valence-corrected chi connectivity index (χ3v) is 2.61. The van der Waals surface area contributed by atoms with Gasteiger partial charge in [-0.3, -0.25) is 4.79 Å². The first kappa shape index (κ1) is 12.4. The van der Waals surface area contributed by atoms with E-state index in [9.17, 15) is 4.79 Å². The Morgan fingerprint density at radius 1 is 1.22 bits per heavy atom. The highest BCUT2D eigenvalue weighted by Gasteiger charge is 2.17. The van der Waals surface area contributed by atoms with Crippen molar-refractivity contribution in [3.05, 3.63) is 47.3 Å². The number of nitrogens with zero attached hydrogens (tertiary/aromatic N) is 1. The number of hydrogen-bond donors (Lipinski definition) is 1. The molecular formula is C13H16N2O3. The quantitative estimate of drug-likeness (QED) is 0.897. The summed E-state index contributed by atoms with van der Waals surface area (Å²) in [6.45, 7) is 2.56. The third-order valence-electron chi connectivity index (χ3n) is 2.61. The van der Waals surface area contributed by atoms with E-state index in [-0.39, 0.29) is 12.5 Å². The van der Waals surface area contributed by atoms with Crippen molar-refractivity contribution in [1.29, 1.82) is 0 Å². The largest absolute Gasteiger partial charge is 0.464 e. The van der Waals surface area contributed by atoms with Gasteiger partial charge in [-0.1, -0.05) is 0 Å². The number of carbonyl (C=O) groups is 1. The molecule has 0 unspecified atom stereocenters. The maximum Gasteiger partial charge on any atom is 0.289 e. The first-order valence-electron chi connectivity index (χ1n) is 5.69. The summed E-state index contributed by atoms with van der Waals surface area (Å²) in [6.07, 6.45) is 0. The Hall–Kier alpha value is -2.01. The van der Waals surface area contributed by atoms with Gasteiger partial charge in [0.15, 0.2) is 5.76 Å². The molecular weight excluding hydrogens is 232 g/mol. The number of amides is 1. The molecule has 2 N–H and O–H groups in total. The maximum absolute atomic E-state index is 12.0. The summed E-state index contributed by atoms with van der Waals surface area (Å²) in [4.78, 5) is 13.6. The zero-order valence-electron chi connectivity index (χ0n) is 10.5. The van der Waals surface area contributed by atoms with Crippen LogP contribution in [0.1, 0.15) is 27.8 Å². The molecule has 0 aliphatic carbocycles. The molecule has 5 heteroatoms. The van der Waals surface area contributed by atoms with Crippen molar-refractivity contribution >= 4 is 5.91 Å². The lowest BCUT2D eigenvalue weighted by Gasteiger charge is -2.13. The molecule has 5 nitrogen and oxygen atoms in total. The van der Waals surface area contributed by atoms with Gasteiger partial charge in [-0.15, -0.1) is 0 Å². The number of rotatable bonds is 4. The van der Waals surface area contributed by atoms with E-state index in [2.05, 4.69) is 0 Å². The minimum Gasteiger partial charge on any atom is -0.464 e. The van der Waals surface area contributed by atoms with Crippen molar-refractivity contribution in [2.75, 3.05) is 7.05 Å². The molecule has 2 aromatic rings. The maximum atomic E-state index is 12.0. The Bertz CT molecular complexity index is 542. The lowest BCUT2D eigenvalue weighted by molar-refractivity contribution is 0.0741. The Morgan fingerprint density at radius 2 is 1.94 bits per heavy atom. The molecule has 0 radical (unpaired) electrons. The summed E-state index contributed by atoms with van der Waals surface area (Å²) in [6, 6.07) is 7.06. The highest BCUT2D eigenvalue weighted by atomic mass is 16.4. The number of aryl methyl sites for hydroxylation is 1. The Balaban J connectivity index is 2.04. The standard InChI is InChI=1S/C13H16N2O3/c1-9-3-4-11(17-9)8-15(2)13(16)12-6-5-10(7-14)18-12/h3-6H,7-8,14H2,1-2H3. The van der Waals surface area contributed by atoms with E-state index in [1.165, 1.54) is 4.90 Å².